The fraction of sp³-hybridized carbons (Fsp3) is 0.947. The number of hydrogen-bond donors (Lipinski definition) is 0. The topological polar surface area (TPSA) is 46.1 Å². The molecule has 0 aliphatic carbocycles. The van der Waals surface area contributed by atoms with Gasteiger partial charge in [-0.05, 0) is 6.42 Å². The Labute approximate surface area is 248 Å². The van der Waals surface area contributed by atoms with Crippen molar-refractivity contribution in [2.45, 2.75) is 97.3 Å². The van der Waals surface area contributed by atoms with E-state index in [2.05, 4.69) is 6.92 Å². The monoisotopic (exact) mass is 512 g/mol. The SMILES string of the molecule is C.[CH2-]CCCCCCCC[O-].[Cl-].[Cl-].[Cl-].[Mg+2].[Mg+2].[Mg+2].[O-]CCCCCCCCCCl. The average molecular weight is 515 g/mol. The number of hydrogen-bond acceptors (Lipinski definition) is 2. The van der Waals surface area contributed by atoms with Gasteiger partial charge in [0.15, 0.2) is 0 Å². The molecule has 0 saturated heterocycles. The molecule has 162 valence electrons. The van der Waals surface area contributed by atoms with Crippen molar-refractivity contribution in [1.29, 1.82) is 0 Å². The molecule has 0 saturated carbocycles. The molecule has 0 aromatic heterocycles. The van der Waals surface area contributed by atoms with Crippen LogP contribution in [0.15, 0.2) is 0 Å². The first-order chi connectivity index (χ1) is 10.3. The van der Waals surface area contributed by atoms with E-state index in [0.29, 0.717) is 0 Å². The molecule has 0 atom stereocenters. The third-order valence-corrected chi connectivity index (χ3v) is 3.69. The smallest absolute Gasteiger partial charge is 1.00 e. The van der Waals surface area contributed by atoms with Crippen molar-refractivity contribution in [3.05, 3.63) is 6.92 Å². The zero-order valence-corrected chi connectivity index (χ0v) is 24.4. The van der Waals surface area contributed by atoms with E-state index in [9.17, 15) is 10.2 Å². The van der Waals surface area contributed by atoms with Crippen LogP contribution in [0.5, 0.6) is 0 Å². The molecular formula is C19H40Cl4Mg3O2. The van der Waals surface area contributed by atoms with Crippen LogP contribution in [-0.2, 0) is 0 Å². The van der Waals surface area contributed by atoms with Crippen LogP contribution >= 0.6 is 11.6 Å². The zero-order chi connectivity index (χ0) is 16.0. The van der Waals surface area contributed by atoms with Crippen LogP contribution in [-0.4, -0.2) is 88.3 Å². The van der Waals surface area contributed by atoms with Gasteiger partial charge in [0.25, 0.3) is 0 Å². The molecule has 0 N–H and O–H groups in total. The zero-order valence-electron chi connectivity index (χ0n) is 17.2. The van der Waals surface area contributed by atoms with Crippen molar-refractivity contribution in [3.63, 3.8) is 0 Å². The molecule has 0 aliphatic rings. The van der Waals surface area contributed by atoms with Gasteiger partial charge in [0.05, 0.1) is 0 Å². The summed E-state index contributed by atoms with van der Waals surface area (Å²) in [6, 6.07) is 0. The standard InChI is InChI=1S/C9H18ClO.C9H18O.CH4.3ClH.3Mg/c10-8-6-4-2-1-3-5-7-9-11;1-2-3-4-5-6-7-8-9-10;;;;;;;/h1-9H2;1-9H2;1H4;3*1H;;;/q-1;-2;;;;;3*+2/p-3. The molecule has 0 unspecified atom stereocenters. The Bertz CT molecular complexity index is 162. The summed E-state index contributed by atoms with van der Waals surface area (Å²) in [7, 11) is 0. The molecule has 0 fully saturated rings. The Morgan fingerprint density at radius 3 is 1.00 bits per heavy atom. The van der Waals surface area contributed by atoms with Gasteiger partial charge in [-0.25, -0.2) is 0 Å². The molecule has 2 nitrogen and oxygen atoms in total. The van der Waals surface area contributed by atoms with Crippen LogP contribution < -0.4 is 47.4 Å². The second-order valence-corrected chi connectivity index (χ2v) is 5.92. The second kappa shape index (κ2) is 63.1. The van der Waals surface area contributed by atoms with Gasteiger partial charge < -0.3 is 54.4 Å². The summed E-state index contributed by atoms with van der Waals surface area (Å²) in [5, 5.41) is 20.1. The molecule has 28 heavy (non-hydrogen) atoms. The van der Waals surface area contributed by atoms with Gasteiger partial charge in [-0.1, -0.05) is 84.5 Å². The quantitative estimate of drug-likeness (QED) is 0.0948. The molecule has 0 rings (SSSR count). The van der Waals surface area contributed by atoms with Gasteiger partial charge in [0, 0.05) is 5.88 Å². The van der Waals surface area contributed by atoms with Gasteiger partial charge in [-0.15, -0.1) is 24.8 Å². The molecule has 0 heterocycles. The van der Waals surface area contributed by atoms with Crippen molar-refractivity contribution in [2.24, 2.45) is 0 Å². The number of halogens is 4. The Balaban J connectivity index is -0.0000000295. The average Bonchev–Trinajstić information content (AvgIpc) is 2.51. The number of alkyl halides is 1. The first-order valence-corrected chi connectivity index (χ1v) is 9.38. The third-order valence-electron chi connectivity index (χ3n) is 3.42. The molecule has 0 radical (unpaired) electrons. The minimum absolute atomic E-state index is 0. The number of rotatable bonds is 15. The Morgan fingerprint density at radius 2 is 0.750 bits per heavy atom. The molecule has 0 amide bonds. The van der Waals surface area contributed by atoms with Crippen LogP contribution in [0.25, 0.3) is 0 Å². The second-order valence-electron chi connectivity index (χ2n) is 5.55. The van der Waals surface area contributed by atoms with E-state index < -0.39 is 0 Å². The van der Waals surface area contributed by atoms with E-state index in [4.69, 9.17) is 11.6 Å². The van der Waals surface area contributed by atoms with E-state index in [1.165, 1.54) is 51.4 Å². The van der Waals surface area contributed by atoms with E-state index in [0.717, 1.165) is 44.4 Å². The van der Waals surface area contributed by atoms with Gasteiger partial charge in [0.1, 0.15) is 0 Å². The first kappa shape index (κ1) is 57.8. The van der Waals surface area contributed by atoms with Crippen LogP contribution in [0.4, 0.5) is 0 Å². The van der Waals surface area contributed by atoms with Crippen LogP contribution in [0, 0.1) is 6.92 Å². The normalized spacial score (nSPS) is 7.71. The van der Waals surface area contributed by atoms with Crippen molar-refractivity contribution < 1.29 is 47.4 Å². The van der Waals surface area contributed by atoms with Crippen LogP contribution in [0.1, 0.15) is 97.3 Å². The van der Waals surface area contributed by atoms with Crippen molar-refractivity contribution in [2.75, 3.05) is 19.1 Å². The summed E-state index contributed by atoms with van der Waals surface area (Å²) in [5.74, 6) is 0.792. The molecule has 0 aliphatic heterocycles. The molecule has 0 aromatic carbocycles. The summed E-state index contributed by atoms with van der Waals surface area (Å²) in [6.45, 7) is 3.98. The van der Waals surface area contributed by atoms with Crippen LogP contribution in [0.3, 0.4) is 0 Å². The van der Waals surface area contributed by atoms with Crippen molar-refractivity contribution in [1.82, 2.24) is 0 Å². The van der Waals surface area contributed by atoms with Crippen molar-refractivity contribution in [3.8, 4) is 0 Å². The van der Waals surface area contributed by atoms with E-state index in [1.807, 2.05) is 0 Å². The molecule has 0 aromatic rings. The van der Waals surface area contributed by atoms with Gasteiger partial charge in [-0.3, -0.25) is 0 Å². The summed E-state index contributed by atoms with van der Waals surface area (Å²) in [4.78, 5) is 0. The molecule has 0 bridgehead atoms. The summed E-state index contributed by atoms with van der Waals surface area (Å²) in [5.41, 5.74) is 0. The Morgan fingerprint density at radius 1 is 0.500 bits per heavy atom. The summed E-state index contributed by atoms with van der Waals surface area (Å²) >= 11 is 5.52. The molecular weight excluding hydrogens is 475 g/mol. The fourth-order valence-corrected chi connectivity index (χ4v) is 2.26. The maximum atomic E-state index is 10.0. The van der Waals surface area contributed by atoms with E-state index >= 15 is 0 Å². The number of unbranched alkanes of at least 4 members (excludes halogenated alkanes) is 12. The Kier molecular flexibility index (Phi) is 130. The van der Waals surface area contributed by atoms with Gasteiger partial charge in [-0.2, -0.15) is 6.42 Å². The maximum absolute atomic E-state index is 10.0. The van der Waals surface area contributed by atoms with Crippen LogP contribution in [0.2, 0.25) is 0 Å². The van der Waals surface area contributed by atoms with E-state index in [-0.39, 0.29) is 127 Å². The summed E-state index contributed by atoms with van der Waals surface area (Å²) < 4.78 is 0. The van der Waals surface area contributed by atoms with Gasteiger partial charge in [0.2, 0.25) is 0 Å². The molecule has 0 spiro atoms. The largest absolute Gasteiger partial charge is 2.00 e. The van der Waals surface area contributed by atoms with Gasteiger partial charge >= 0.3 is 69.2 Å². The predicted molar refractivity (Wildman–Crippen MR) is 114 cm³/mol. The third kappa shape index (κ3) is 70.0. The summed E-state index contributed by atoms with van der Waals surface area (Å²) in [6.07, 6.45) is 16.3. The minimum Gasteiger partial charge on any atom is -1.00 e. The van der Waals surface area contributed by atoms with E-state index in [1.54, 1.807) is 0 Å². The predicted octanol–water partition coefficient (Wildman–Crippen LogP) is -5.27. The fourth-order valence-electron chi connectivity index (χ4n) is 2.07. The maximum Gasteiger partial charge on any atom is 2.00 e. The minimum atomic E-state index is 0. The van der Waals surface area contributed by atoms with Crippen molar-refractivity contribution >= 4 is 80.8 Å². The first-order valence-electron chi connectivity index (χ1n) is 8.84. The Hall–Kier alpha value is 3.38. The molecule has 9 heteroatoms.